The number of hydrogen-bond acceptors (Lipinski definition) is 4. The highest BCUT2D eigenvalue weighted by atomic mass is 19.1. The summed E-state index contributed by atoms with van der Waals surface area (Å²) >= 11 is 0. The zero-order chi connectivity index (χ0) is 16.2. The van der Waals surface area contributed by atoms with Gasteiger partial charge >= 0.3 is 0 Å². The van der Waals surface area contributed by atoms with Gasteiger partial charge in [-0.2, -0.15) is 0 Å². The van der Waals surface area contributed by atoms with Gasteiger partial charge < -0.3 is 15.0 Å². The largest absolute Gasteiger partial charge is 0.378 e. The van der Waals surface area contributed by atoms with Crippen LogP contribution in [0.5, 0.6) is 0 Å². The predicted octanol–water partition coefficient (Wildman–Crippen LogP) is 1.02. The van der Waals surface area contributed by atoms with E-state index in [0.717, 1.165) is 25.2 Å². The molecule has 2 aliphatic rings. The van der Waals surface area contributed by atoms with Crippen LogP contribution < -0.4 is 5.32 Å². The van der Waals surface area contributed by atoms with E-state index in [-0.39, 0.29) is 17.8 Å². The molecule has 0 aromatic heterocycles. The van der Waals surface area contributed by atoms with Gasteiger partial charge in [0.1, 0.15) is 11.9 Å². The highest BCUT2D eigenvalue weighted by Crippen LogP contribution is 2.25. The molecule has 5 nitrogen and oxygen atoms in total. The van der Waals surface area contributed by atoms with Gasteiger partial charge in [-0.1, -0.05) is 12.1 Å². The maximum absolute atomic E-state index is 13.3. The molecule has 0 bridgehead atoms. The molecule has 0 aliphatic carbocycles. The molecule has 2 aliphatic heterocycles. The number of piperazine rings is 1. The van der Waals surface area contributed by atoms with E-state index in [2.05, 4.69) is 17.1 Å². The first-order chi connectivity index (χ1) is 11.1. The third-order valence-electron chi connectivity index (χ3n) is 4.51. The summed E-state index contributed by atoms with van der Waals surface area (Å²) in [6, 6.07) is 6.31. The van der Waals surface area contributed by atoms with E-state index in [0.29, 0.717) is 32.3 Å². The number of amides is 1. The van der Waals surface area contributed by atoms with Gasteiger partial charge in [-0.05, 0) is 24.6 Å². The molecule has 1 N–H and O–H groups in total. The Morgan fingerprint density at radius 3 is 2.61 bits per heavy atom. The van der Waals surface area contributed by atoms with Crippen LogP contribution in [0.3, 0.4) is 0 Å². The van der Waals surface area contributed by atoms with E-state index in [1.165, 1.54) is 12.1 Å². The van der Waals surface area contributed by atoms with E-state index in [1.807, 2.05) is 4.90 Å². The highest BCUT2D eigenvalue weighted by molar-refractivity contribution is 5.83. The van der Waals surface area contributed by atoms with Crippen LogP contribution in [0, 0.1) is 5.82 Å². The molecule has 2 fully saturated rings. The van der Waals surface area contributed by atoms with Gasteiger partial charge in [-0.3, -0.25) is 9.69 Å². The van der Waals surface area contributed by atoms with Crippen LogP contribution in [0.15, 0.2) is 24.3 Å². The Hall–Kier alpha value is -1.50. The molecular formula is C17H24FN3O2. The lowest BCUT2D eigenvalue weighted by Crippen LogP contribution is -2.54. The molecule has 0 radical (unpaired) electrons. The summed E-state index contributed by atoms with van der Waals surface area (Å²) in [5, 5.41) is 3.40. The van der Waals surface area contributed by atoms with Gasteiger partial charge in [-0.15, -0.1) is 0 Å². The van der Waals surface area contributed by atoms with E-state index in [1.54, 1.807) is 12.1 Å². The molecule has 6 heteroatoms. The minimum atomic E-state index is -0.349. The molecule has 23 heavy (non-hydrogen) atoms. The second kappa shape index (κ2) is 7.38. The van der Waals surface area contributed by atoms with Crippen LogP contribution in [0.25, 0.3) is 0 Å². The van der Waals surface area contributed by atoms with Crippen LogP contribution in [-0.2, 0) is 9.53 Å². The van der Waals surface area contributed by atoms with Crippen molar-refractivity contribution < 1.29 is 13.9 Å². The first-order valence-corrected chi connectivity index (χ1v) is 8.24. The van der Waals surface area contributed by atoms with Crippen molar-refractivity contribution >= 4 is 5.91 Å². The second-order valence-corrected chi connectivity index (χ2v) is 6.24. The molecule has 2 unspecified atom stereocenters. The smallest absolute Gasteiger partial charge is 0.244 e. The molecule has 2 heterocycles. The van der Waals surface area contributed by atoms with Crippen molar-refractivity contribution in [1.82, 2.24) is 15.1 Å². The van der Waals surface area contributed by atoms with Crippen molar-refractivity contribution in [1.29, 1.82) is 0 Å². The third-order valence-corrected chi connectivity index (χ3v) is 4.51. The maximum atomic E-state index is 13.3. The fourth-order valence-electron chi connectivity index (χ4n) is 3.31. The highest BCUT2D eigenvalue weighted by Gasteiger charge is 2.34. The number of halogens is 1. The summed E-state index contributed by atoms with van der Waals surface area (Å²) < 4.78 is 18.6. The van der Waals surface area contributed by atoms with E-state index in [9.17, 15) is 9.18 Å². The summed E-state index contributed by atoms with van der Waals surface area (Å²) in [5.41, 5.74) is 0.858. The van der Waals surface area contributed by atoms with E-state index >= 15 is 0 Å². The van der Waals surface area contributed by atoms with Crippen molar-refractivity contribution in [2.45, 2.75) is 19.0 Å². The molecule has 126 valence electrons. The molecular weight excluding hydrogens is 297 g/mol. The number of rotatable bonds is 3. The third kappa shape index (κ3) is 3.88. The fourth-order valence-corrected chi connectivity index (χ4v) is 3.31. The Kier molecular flexibility index (Phi) is 5.25. The van der Waals surface area contributed by atoms with E-state index < -0.39 is 0 Å². The minimum absolute atomic E-state index is 0.0917. The number of ether oxygens (including phenoxy) is 1. The SMILES string of the molecule is CC1CN(C(C(=O)N2CCOCC2)c2ccc(F)cc2)CCN1. The number of carbonyl (C=O) groups is 1. The van der Waals surface area contributed by atoms with Crippen molar-refractivity contribution in [2.75, 3.05) is 45.9 Å². The number of hydrogen-bond donors (Lipinski definition) is 1. The summed E-state index contributed by atoms with van der Waals surface area (Å²) in [4.78, 5) is 17.2. The number of nitrogens with one attached hydrogen (secondary N) is 1. The average molecular weight is 321 g/mol. The molecule has 1 amide bonds. The lowest BCUT2D eigenvalue weighted by atomic mass is 10.0. The molecule has 2 atom stereocenters. The number of nitrogens with zero attached hydrogens (tertiary/aromatic N) is 2. The van der Waals surface area contributed by atoms with Crippen molar-refractivity contribution in [3.8, 4) is 0 Å². The van der Waals surface area contributed by atoms with E-state index in [4.69, 9.17) is 4.74 Å². The first-order valence-electron chi connectivity index (χ1n) is 8.24. The fraction of sp³-hybridized carbons (Fsp3) is 0.588. The Morgan fingerprint density at radius 1 is 1.26 bits per heavy atom. The van der Waals surface area contributed by atoms with Gasteiger partial charge in [-0.25, -0.2) is 4.39 Å². The molecule has 1 aromatic rings. The molecule has 3 rings (SSSR count). The average Bonchev–Trinajstić information content (AvgIpc) is 2.58. The molecule has 1 aromatic carbocycles. The Morgan fingerprint density at radius 2 is 1.96 bits per heavy atom. The van der Waals surface area contributed by atoms with Crippen molar-refractivity contribution in [3.63, 3.8) is 0 Å². The summed E-state index contributed by atoms with van der Waals surface area (Å²) in [6.45, 7) is 7.00. The second-order valence-electron chi connectivity index (χ2n) is 6.24. The molecule has 2 saturated heterocycles. The molecule has 0 spiro atoms. The lowest BCUT2D eigenvalue weighted by Gasteiger charge is -2.40. The summed E-state index contributed by atoms with van der Waals surface area (Å²) in [5.74, 6) is -0.186. The minimum Gasteiger partial charge on any atom is -0.378 e. The number of benzene rings is 1. The van der Waals surface area contributed by atoms with Gasteiger partial charge in [0.05, 0.1) is 13.2 Å². The zero-order valence-corrected chi connectivity index (χ0v) is 13.5. The molecule has 0 saturated carbocycles. The first kappa shape index (κ1) is 16.4. The zero-order valence-electron chi connectivity index (χ0n) is 13.5. The predicted molar refractivity (Wildman–Crippen MR) is 85.6 cm³/mol. The van der Waals surface area contributed by atoms with Gasteiger partial charge in [0.2, 0.25) is 5.91 Å². The van der Waals surface area contributed by atoms with Crippen molar-refractivity contribution in [3.05, 3.63) is 35.6 Å². The normalized spacial score (nSPS) is 24.4. The van der Waals surface area contributed by atoms with Gasteiger partial charge in [0.25, 0.3) is 0 Å². The topological polar surface area (TPSA) is 44.8 Å². The van der Waals surface area contributed by atoms with Gasteiger partial charge in [0, 0.05) is 38.8 Å². The summed E-state index contributed by atoms with van der Waals surface area (Å²) in [7, 11) is 0. The number of morpholine rings is 1. The van der Waals surface area contributed by atoms with Gasteiger partial charge in [0.15, 0.2) is 0 Å². The quantitative estimate of drug-likeness (QED) is 0.903. The van der Waals surface area contributed by atoms with Crippen LogP contribution in [-0.4, -0.2) is 67.7 Å². The standard InChI is InChI=1S/C17H24FN3O2/c1-13-12-21(7-6-19-13)16(14-2-4-15(18)5-3-14)17(22)20-8-10-23-11-9-20/h2-5,13,16,19H,6-12H2,1H3. The van der Waals surface area contributed by atoms with Crippen LogP contribution in [0.1, 0.15) is 18.5 Å². The van der Waals surface area contributed by atoms with Crippen LogP contribution in [0.4, 0.5) is 4.39 Å². The Labute approximate surface area is 136 Å². The monoisotopic (exact) mass is 321 g/mol. The van der Waals surface area contributed by atoms with Crippen molar-refractivity contribution in [2.24, 2.45) is 0 Å². The van der Waals surface area contributed by atoms with Crippen LogP contribution >= 0.6 is 0 Å². The Bertz CT molecular complexity index is 531. The van der Waals surface area contributed by atoms with Crippen LogP contribution in [0.2, 0.25) is 0 Å². The number of carbonyl (C=O) groups excluding carboxylic acids is 1. The summed E-state index contributed by atoms with van der Waals surface area (Å²) in [6.07, 6.45) is 0. The lowest BCUT2D eigenvalue weighted by molar-refractivity contribution is -0.142. The Balaban J connectivity index is 1.85. The maximum Gasteiger partial charge on any atom is 0.244 e.